The lowest BCUT2D eigenvalue weighted by Crippen LogP contribution is -2.65. The van der Waals surface area contributed by atoms with Gasteiger partial charge in [0.1, 0.15) is 0 Å². The summed E-state index contributed by atoms with van der Waals surface area (Å²) in [4.78, 5) is 9.23. The molecule has 0 amide bonds. The molecule has 2 saturated heterocycles. The zero-order chi connectivity index (χ0) is 13.5. The molecule has 0 radical (unpaired) electrons. The molecule has 3 heterocycles. The van der Waals surface area contributed by atoms with Gasteiger partial charge in [0.2, 0.25) is 0 Å². The minimum absolute atomic E-state index is 0.341. The molecule has 2 aliphatic rings. The van der Waals surface area contributed by atoms with Crippen LogP contribution in [-0.2, 0) is 0 Å². The van der Waals surface area contributed by atoms with E-state index in [1.165, 1.54) is 44.7 Å². The molecule has 19 heavy (non-hydrogen) atoms. The number of anilines is 1. The van der Waals surface area contributed by atoms with Crippen LogP contribution in [0.5, 0.6) is 0 Å². The number of likely N-dealkylation sites (tertiary alicyclic amines) is 1. The molecule has 0 aromatic carbocycles. The van der Waals surface area contributed by atoms with Crippen molar-refractivity contribution in [1.82, 2.24) is 9.88 Å². The average Bonchev–Trinajstić information content (AvgIpc) is 2.36. The lowest BCUT2D eigenvalue weighted by atomic mass is 9.70. The molecule has 3 heteroatoms. The number of nitrogens with zero attached hydrogens (tertiary/aromatic N) is 3. The van der Waals surface area contributed by atoms with Crippen LogP contribution < -0.4 is 4.90 Å². The maximum atomic E-state index is 4.10. The van der Waals surface area contributed by atoms with Gasteiger partial charge in [-0.1, -0.05) is 0 Å². The molecule has 3 nitrogen and oxygen atoms in total. The number of hydrogen-bond donors (Lipinski definition) is 0. The Morgan fingerprint density at radius 1 is 1.05 bits per heavy atom. The van der Waals surface area contributed by atoms with E-state index in [-0.39, 0.29) is 0 Å². The summed E-state index contributed by atoms with van der Waals surface area (Å²) >= 11 is 0. The summed E-state index contributed by atoms with van der Waals surface area (Å²) in [5, 5.41) is 0. The molecule has 0 saturated carbocycles. The highest BCUT2D eigenvalue weighted by Crippen LogP contribution is 2.43. The third-order valence-electron chi connectivity index (χ3n) is 4.85. The van der Waals surface area contributed by atoms with Gasteiger partial charge in [-0.25, -0.2) is 0 Å². The fourth-order valence-corrected chi connectivity index (χ4v) is 3.35. The normalized spacial score (nSPS) is 23.4. The monoisotopic (exact) mass is 259 g/mol. The molecule has 1 aromatic heterocycles. The number of rotatable bonds is 1. The van der Waals surface area contributed by atoms with Gasteiger partial charge >= 0.3 is 0 Å². The fraction of sp³-hybridized carbons (Fsp3) is 0.688. The summed E-state index contributed by atoms with van der Waals surface area (Å²) in [5.41, 5.74) is 2.28. The van der Waals surface area contributed by atoms with Gasteiger partial charge < -0.3 is 4.90 Å². The topological polar surface area (TPSA) is 19.4 Å². The fourth-order valence-electron chi connectivity index (χ4n) is 3.35. The van der Waals surface area contributed by atoms with E-state index in [4.69, 9.17) is 0 Å². The molecule has 2 fully saturated rings. The largest absolute Gasteiger partial charge is 0.371 e. The maximum absolute atomic E-state index is 4.10. The SMILES string of the molecule is CC(C)(C)N1CC2(CCN(c3ccncc3)CC2)C1. The van der Waals surface area contributed by atoms with Crippen molar-refractivity contribution in [1.29, 1.82) is 0 Å². The van der Waals surface area contributed by atoms with Crippen molar-refractivity contribution in [2.24, 2.45) is 5.41 Å². The van der Waals surface area contributed by atoms with E-state index in [1.54, 1.807) is 0 Å². The van der Waals surface area contributed by atoms with Crippen molar-refractivity contribution in [3.8, 4) is 0 Å². The van der Waals surface area contributed by atoms with Crippen LogP contribution in [0.3, 0.4) is 0 Å². The average molecular weight is 259 g/mol. The van der Waals surface area contributed by atoms with E-state index < -0.39 is 0 Å². The molecule has 0 atom stereocenters. The summed E-state index contributed by atoms with van der Waals surface area (Å²) < 4.78 is 0. The van der Waals surface area contributed by atoms with Gasteiger partial charge in [0.25, 0.3) is 0 Å². The quantitative estimate of drug-likeness (QED) is 0.773. The summed E-state index contributed by atoms with van der Waals surface area (Å²) in [5.74, 6) is 0. The van der Waals surface area contributed by atoms with Gasteiger partial charge in [0.15, 0.2) is 0 Å². The van der Waals surface area contributed by atoms with E-state index in [0.717, 1.165) is 0 Å². The third kappa shape index (κ3) is 2.48. The second-order valence-electron chi connectivity index (χ2n) is 7.22. The Bertz CT molecular complexity index is 419. The standard InChI is InChI=1S/C16H25N3/c1-15(2,3)19-12-16(13-19)6-10-18(11-7-16)14-4-8-17-9-5-14/h4-5,8-9H,6-7,10-13H2,1-3H3. The molecule has 1 spiro atoms. The van der Waals surface area contributed by atoms with Gasteiger partial charge in [0.05, 0.1) is 0 Å². The van der Waals surface area contributed by atoms with Crippen molar-refractivity contribution in [2.45, 2.75) is 39.2 Å². The molecular formula is C16H25N3. The van der Waals surface area contributed by atoms with Gasteiger partial charge in [0, 0.05) is 49.8 Å². The number of pyridine rings is 1. The highest BCUT2D eigenvalue weighted by atomic mass is 15.3. The lowest BCUT2D eigenvalue weighted by Gasteiger charge is -2.58. The molecule has 2 aliphatic heterocycles. The Kier molecular flexibility index (Phi) is 3.05. The Morgan fingerprint density at radius 3 is 2.16 bits per heavy atom. The van der Waals surface area contributed by atoms with E-state index >= 15 is 0 Å². The second kappa shape index (κ2) is 4.48. The number of aromatic nitrogens is 1. The Morgan fingerprint density at radius 2 is 1.63 bits per heavy atom. The first-order valence-corrected chi connectivity index (χ1v) is 7.39. The Labute approximate surface area is 116 Å². The first-order valence-electron chi connectivity index (χ1n) is 7.39. The molecule has 0 bridgehead atoms. The second-order valence-corrected chi connectivity index (χ2v) is 7.22. The van der Waals surface area contributed by atoms with Crippen molar-refractivity contribution in [3.63, 3.8) is 0 Å². The predicted octanol–water partition coefficient (Wildman–Crippen LogP) is 2.78. The van der Waals surface area contributed by atoms with Crippen LogP contribution in [0.1, 0.15) is 33.6 Å². The van der Waals surface area contributed by atoms with E-state index in [1.807, 2.05) is 12.4 Å². The molecule has 0 aliphatic carbocycles. The van der Waals surface area contributed by atoms with Crippen LogP contribution in [0.15, 0.2) is 24.5 Å². The van der Waals surface area contributed by atoms with Gasteiger partial charge in [-0.3, -0.25) is 9.88 Å². The van der Waals surface area contributed by atoms with Crippen LogP contribution in [-0.4, -0.2) is 41.6 Å². The molecule has 1 aromatic rings. The van der Waals surface area contributed by atoms with Crippen LogP contribution in [0.4, 0.5) is 5.69 Å². The zero-order valence-electron chi connectivity index (χ0n) is 12.4. The van der Waals surface area contributed by atoms with Crippen LogP contribution in [0.2, 0.25) is 0 Å². The van der Waals surface area contributed by atoms with Gasteiger partial charge in [-0.15, -0.1) is 0 Å². The molecule has 0 unspecified atom stereocenters. The first-order chi connectivity index (χ1) is 8.99. The minimum Gasteiger partial charge on any atom is -0.371 e. The van der Waals surface area contributed by atoms with Crippen LogP contribution in [0, 0.1) is 5.41 Å². The summed E-state index contributed by atoms with van der Waals surface area (Å²) in [6.45, 7) is 12.0. The summed E-state index contributed by atoms with van der Waals surface area (Å²) in [7, 11) is 0. The third-order valence-corrected chi connectivity index (χ3v) is 4.85. The predicted molar refractivity (Wildman–Crippen MR) is 79.4 cm³/mol. The van der Waals surface area contributed by atoms with E-state index in [9.17, 15) is 0 Å². The smallest absolute Gasteiger partial charge is 0.0397 e. The number of piperidine rings is 1. The van der Waals surface area contributed by atoms with E-state index in [0.29, 0.717) is 11.0 Å². The van der Waals surface area contributed by atoms with Crippen molar-refractivity contribution < 1.29 is 0 Å². The van der Waals surface area contributed by atoms with Crippen molar-refractivity contribution in [3.05, 3.63) is 24.5 Å². The molecule has 104 valence electrons. The van der Waals surface area contributed by atoms with Crippen molar-refractivity contribution in [2.75, 3.05) is 31.1 Å². The van der Waals surface area contributed by atoms with Crippen LogP contribution >= 0.6 is 0 Å². The summed E-state index contributed by atoms with van der Waals surface area (Å²) in [6.07, 6.45) is 6.46. The maximum Gasteiger partial charge on any atom is 0.0397 e. The van der Waals surface area contributed by atoms with Crippen molar-refractivity contribution >= 4 is 5.69 Å². The molecule has 0 N–H and O–H groups in total. The molecule has 3 rings (SSSR count). The Hall–Kier alpha value is -1.09. The van der Waals surface area contributed by atoms with E-state index in [2.05, 4.69) is 47.7 Å². The first kappa shape index (κ1) is 12.9. The zero-order valence-corrected chi connectivity index (χ0v) is 12.4. The minimum atomic E-state index is 0.341. The van der Waals surface area contributed by atoms with Crippen LogP contribution in [0.25, 0.3) is 0 Å². The van der Waals surface area contributed by atoms with Gasteiger partial charge in [-0.2, -0.15) is 0 Å². The van der Waals surface area contributed by atoms with Gasteiger partial charge in [-0.05, 0) is 51.2 Å². The molecular weight excluding hydrogens is 234 g/mol. The Balaban J connectivity index is 1.57. The summed E-state index contributed by atoms with van der Waals surface area (Å²) in [6, 6.07) is 4.25. The number of hydrogen-bond acceptors (Lipinski definition) is 3. The highest BCUT2D eigenvalue weighted by Gasteiger charge is 2.47. The lowest BCUT2D eigenvalue weighted by molar-refractivity contribution is -0.0717. The highest BCUT2D eigenvalue weighted by molar-refractivity contribution is 5.45.